The van der Waals surface area contributed by atoms with E-state index in [1.165, 1.54) is 4.68 Å². The summed E-state index contributed by atoms with van der Waals surface area (Å²) < 4.78 is 7.04. The van der Waals surface area contributed by atoms with Crippen LogP contribution in [0.2, 0.25) is 0 Å². The second-order valence-corrected chi connectivity index (χ2v) is 3.91. The maximum atomic E-state index is 11.8. The number of aromatic amines is 1. The zero-order valence-electron chi connectivity index (χ0n) is 10.1. The van der Waals surface area contributed by atoms with E-state index in [2.05, 4.69) is 5.10 Å². The third-order valence-corrected chi connectivity index (χ3v) is 2.66. The lowest BCUT2D eigenvalue weighted by Gasteiger charge is -2.04. The SMILES string of the molecule is CCc1[nH]n(C)c(=O)c1OCc1ccccc1. The van der Waals surface area contributed by atoms with Crippen molar-refractivity contribution in [3.63, 3.8) is 0 Å². The Kier molecular flexibility index (Phi) is 3.32. The van der Waals surface area contributed by atoms with Gasteiger partial charge in [0, 0.05) is 7.05 Å². The van der Waals surface area contributed by atoms with Crippen LogP contribution in [0.15, 0.2) is 35.1 Å². The number of benzene rings is 1. The number of hydrogen-bond donors (Lipinski definition) is 1. The first-order valence-corrected chi connectivity index (χ1v) is 5.67. The van der Waals surface area contributed by atoms with E-state index < -0.39 is 0 Å². The molecule has 1 aromatic carbocycles. The van der Waals surface area contributed by atoms with Gasteiger partial charge in [0.05, 0.1) is 5.69 Å². The minimum atomic E-state index is -0.113. The van der Waals surface area contributed by atoms with Gasteiger partial charge in [0.1, 0.15) is 6.61 Å². The van der Waals surface area contributed by atoms with Crippen LogP contribution in [0, 0.1) is 0 Å². The molecule has 4 heteroatoms. The van der Waals surface area contributed by atoms with Crippen molar-refractivity contribution in [1.82, 2.24) is 9.78 Å². The lowest BCUT2D eigenvalue weighted by Crippen LogP contribution is -2.14. The molecule has 90 valence electrons. The molecule has 0 saturated heterocycles. The van der Waals surface area contributed by atoms with Gasteiger partial charge in [-0.1, -0.05) is 37.3 Å². The van der Waals surface area contributed by atoms with E-state index in [-0.39, 0.29) is 5.56 Å². The first-order chi connectivity index (χ1) is 8.22. The number of nitrogens with one attached hydrogen (secondary N) is 1. The molecule has 4 nitrogen and oxygen atoms in total. The van der Waals surface area contributed by atoms with Gasteiger partial charge in [-0.3, -0.25) is 14.6 Å². The molecule has 0 radical (unpaired) electrons. The van der Waals surface area contributed by atoms with Gasteiger partial charge in [0.2, 0.25) is 5.75 Å². The Balaban J connectivity index is 2.17. The van der Waals surface area contributed by atoms with Crippen molar-refractivity contribution in [2.45, 2.75) is 20.0 Å². The maximum Gasteiger partial charge on any atom is 0.308 e. The zero-order valence-corrected chi connectivity index (χ0v) is 10.1. The molecule has 2 rings (SSSR count). The Bertz CT molecular complexity index is 540. The van der Waals surface area contributed by atoms with Gasteiger partial charge in [-0.15, -0.1) is 0 Å². The van der Waals surface area contributed by atoms with E-state index >= 15 is 0 Å². The van der Waals surface area contributed by atoms with Crippen LogP contribution < -0.4 is 10.3 Å². The minimum Gasteiger partial charge on any atom is -0.482 e. The summed E-state index contributed by atoms with van der Waals surface area (Å²) in [6, 6.07) is 9.81. The summed E-state index contributed by atoms with van der Waals surface area (Å²) in [5.74, 6) is 0.429. The number of hydrogen-bond acceptors (Lipinski definition) is 2. The summed E-state index contributed by atoms with van der Waals surface area (Å²) in [5, 5.41) is 2.98. The van der Waals surface area contributed by atoms with Crippen molar-refractivity contribution in [2.24, 2.45) is 7.05 Å². The molecule has 0 spiro atoms. The third kappa shape index (κ3) is 2.41. The molecule has 17 heavy (non-hydrogen) atoms. The molecule has 0 saturated carbocycles. The highest BCUT2D eigenvalue weighted by atomic mass is 16.5. The fourth-order valence-electron chi connectivity index (χ4n) is 1.70. The van der Waals surface area contributed by atoms with Crippen molar-refractivity contribution >= 4 is 0 Å². The van der Waals surface area contributed by atoms with Crippen molar-refractivity contribution in [2.75, 3.05) is 0 Å². The lowest BCUT2D eigenvalue weighted by molar-refractivity contribution is 0.300. The van der Waals surface area contributed by atoms with Crippen LogP contribution in [0.4, 0.5) is 0 Å². The fraction of sp³-hybridized carbons (Fsp3) is 0.308. The van der Waals surface area contributed by atoms with E-state index in [1.54, 1.807) is 7.05 Å². The number of aromatic nitrogens is 2. The molecule has 0 unspecified atom stereocenters. The average molecular weight is 232 g/mol. The summed E-state index contributed by atoms with van der Waals surface area (Å²) in [5.41, 5.74) is 1.78. The van der Waals surface area contributed by atoms with E-state index in [1.807, 2.05) is 37.3 Å². The van der Waals surface area contributed by atoms with Crippen molar-refractivity contribution in [1.29, 1.82) is 0 Å². The van der Waals surface area contributed by atoms with E-state index in [0.717, 1.165) is 17.7 Å². The van der Waals surface area contributed by atoms with Crippen LogP contribution in [0.25, 0.3) is 0 Å². The Morgan fingerprint density at radius 1 is 1.29 bits per heavy atom. The molecular weight excluding hydrogens is 216 g/mol. The van der Waals surface area contributed by atoms with Crippen LogP contribution in [0.1, 0.15) is 18.2 Å². The number of nitrogens with zero attached hydrogens (tertiary/aromatic N) is 1. The zero-order chi connectivity index (χ0) is 12.3. The molecule has 0 amide bonds. The van der Waals surface area contributed by atoms with E-state index in [4.69, 9.17) is 4.74 Å². The normalized spacial score (nSPS) is 10.5. The standard InChI is InChI=1S/C13H16N2O2/c1-3-11-12(13(16)15(2)14-11)17-9-10-7-5-4-6-8-10/h4-8,14H,3,9H2,1-2H3. The van der Waals surface area contributed by atoms with Crippen molar-refractivity contribution < 1.29 is 4.74 Å². The molecule has 0 fully saturated rings. The molecule has 0 aliphatic heterocycles. The summed E-state index contributed by atoms with van der Waals surface area (Å²) in [6.07, 6.45) is 0.750. The van der Waals surface area contributed by atoms with Gasteiger partial charge in [-0.2, -0.15) is 0 Å². The quantitative estimate of drug-likeness (QED) is 0.874. The molecular formula is C13H16N2O2. The van der Waals surface area contributed by atoms with Gasteiger partial charge in [-0.05, 0) is 12.0 Å². The highest BCUT2D eigenvalue weighted by Crippen LogP contribution is 2.13. The average Bonchev–Trinajstić information content (AvgIpc) is 2.64. The molecule has 0 bridgehead atoms. The molecule has 0 aliphatic carbocycles. The fourth-order valence-corrected chi connectivity index (χ4v) is 1.70. The largest absolute Gasteiger partial charge is 0.482 e. The van der Waals surface area contributed by atoms with Crippen LogP contribution >= 0.6 is 0 Å². The molecule has 0 atom stereocenters. The van der Waals surface area contributed by atoms with E-state index in [9.17, 15) is 4.79 Å². The molecule has 1 heterocycles. The van der Waals surface area contributed by atoms with Crippen molar-refractivity contribution in [3.8, 4) is 5.75 Å². The maximum absolute atomic E-state index is 11.8. The summed E-state index contributed by atoms with van der Waals surface area (Å²) in [6.45, 7) is 2.40. The Morgan fingerprint density at radius 3 is 2.65 bits per heavy atom. The number of aryl methyl sites for hydroxylation is 2. The van der Waals surface area contributed by atoms with Gasteiger partial charge >= 0.3 is 5.56 Å². The van der Waals surface area contributed by atoms with Crippen LogP contribution in [-0.4, -0.2) is 9.78 Å². The van der Waals surface area contributed by atoms with Gasteiger partial charge in [0.25, 0.3) is 0 Å². The molecule has 0 aliphatic rings. The Hall–Kier alpha value is -1.97. The predicted molar refractivity (Wildman–Crippen MR) is 66.2 cm³/mol. The lowest BCUT2D eigenvalue weighted by atomic mass is 10.2. The number of rotatable bonds is 4. The molecule has 1 aromatic heterocycles. The van der Waals surface area contributed by atoms with Crippen LogP contribution in [-0.2, 0) is 20.1 Å². The molecule has 2 aromatic rings. The van der Waals surface area contributed by atoms with Crippen LogP contribution in [0.3, 0.4) is 0 Å². The first-order valence-electron chi connectivity index (χ1n) is 5.67. The summed E-state index contributed by atoms with van der Waals surface area (Å²) in [7, 11) is 1.69. The third-order valence-electron chi connectivity index (χ3n) is 2.66. The Labute approximate surface area is 99.8 Å². The number of ether oxygens (including phenoxy) is 1. The highest BCUT2D eigenvalue weighted by Gasteiger charge is 2.12. The second-order valence-electron chi connectivity index (χ2n) is 3.91. The first kappa shape index (κ1) is 11.5. The summed E-state index contributed by atoms with van der Waals surface area (Å²) >= 11 is 0. The van der Waals surface area contributed by atoms with Gasteiger partial charge in [-0.25, -0.2) is 0 Å². The van der Waals surface area contributed by atoms with Gasteiger partial charge < -0.3 is 4.74 Å². The second kappa shape index (κ2) is 4.91. The minimum absolute atomic E-state index is 0.113. The van der Waals surface area contributed by atoms with E-state index in [0.29, 0.717) is 12.4 Å². The smallest absolute Gasteiger partial charge is 0.308 e. The molecule has 1 N–H and O–H groups in total. The number of H-pyrrole nitrogens is 1. The monoisotopic (exact) mass is 232 g/mol. The van der Waals surface area contributed by atoms with Crippen molar-refractivity contribution in [3.05, 3.63) is 51.9 Å². The topological polar surface area (TPSA) is 47.0 Å². The Morgan fingerprint density at radius 2 is 2.00 bits per heavy atom. The highest BCUT2D eigenvalue weighted by molar-refractivity contribution is 5.25. The van der Waals surface area contributed by atoms with Crippen LogP contribution in [0.5, 0.6) is 5.75 Å². The summed E-state index contributed by atoms with van der Waals surface area (Å²) in [4.78, 5) is 11.8. The predicted octanol–water partition coefficient (Wildman–Crippen LogP) is 1.85. The van der Waals surface area contributed by atoms with Gasteiger partial charge in [0.15, 0.2) is 0 Å².